The Hall–Kier alpha value is -1.55. The predicted octanol–water partition coefficient (Wildman–Crippen LogP) is 2.30. The summed E-state index contributed by atoms with van der Waals surface area (Å²) < 4.78 is 0. The first-order chi connectivity index (χ1) is 10.4. The molecule has 0 aliphatic carbocycles. The number of guanidine groups is 1. The van der Waals surface area contributed by atoms with E-state index in [4.69, 9.17) is 4.99 Å². The van der Waals surface area contributed by atoms with Crippen LogP contribution in [0.1, 0.15) is 38.3 Å². The molecule has 1 saturated heterocycles. The first-order valence-corrected chi connectivity index (χ1v) is 8.21. The summed E-state index contributed by atoms with van der Waals surface area (Å²) in [6.45, 7) is 11.8. The standard InChI is InChI=1S/C18H29N3O/c1-5-19-17(21-11-10-15(22)12-21)20-13-18(3,4)16-9-7-6-8-14(16)2/h6-9,15,22H,5,10-13H2,1-4H3,(H,19,20)/t15-/m1/s1. The van der Waals surface area contributed by atoms with Crippen molar-refractivity contribution in [1.82, 2.24) is 10.2 Å². The van der Waals surface area contributed by atoms with Crippen molar-refractivity contribution in [3.63, 3.8) is 0 Å². The van der Waals surface area contributed by atoms with Crippen LogP contribution in [-0.2, 0) is 5.41 Å². The van der Waals surface area contributed by atoms with Crippen LogP contribution in [0.5, 0.6) is 0 Å². The molecule has 0 unspecified atom stereocenters. The van der Waals surface area contributed by atoms with E-state index in [2.05, 4.69) is 62.2 Å². The summed E-state index contributed by atoms with van der Waals surface area (Å²) >= 11 is 0. The normalized spacial score (nSPS) is 19.6. The molecule has 0 aromatic heterocycles. The third-order valence-corrected chi connectivity index (χ3v) is 4.30. The lowest BCUT2D eigenvalue weighted by Crippen LogP contribution is -2.41. The molecule has 1 aromatic rings. The highest BCUT2D eigenvalue weighted by molar-refractivity contribution is 5.80. The zero-order valence-corrected chi connectivity index (χ0v) is 14.3. The largest absolute Gasteiger partial charge is 0.391 e. The lowest BCUT2D eigenvalue weighted by atomic mass is 9.82. The fourth-order valence-electron chi connectivity index (χ4n) is 3.05. The first-order valence-electron chi connectivity index (χ1n) is 8.21. The third kappa shape index (κ3) is 4.01. The lowest BCUT2D eigenvalue weighted by molar-refractivity contribution is 0.187. The summed E-state index contributed by atoms with van der Waals surface area (Å²) in [4.78, 5) is 6.99. The zero-order chi connectivity index (χ0) is 16.2. The van der Waals surface area contributed by atoms with Crippen LogP contribution in [0.4, 0.5) is 0 Å². The molecule has 1 heterocycles. The van der Waals surface area contributed by atoms with Crippen molar-refractivity contribution in [2.75, 3.05) is 26.2 Å². The average molecular weight is 303 g/mol. The minimum atomic E-state index is -0.228. The molecule has 0 amide bonds. The maximum absolute atomic E-state index is 9.73. The van der Waals surface area contributed by atoms with Crippen molar-refractivity contribution in [3.8, 4) is 0 Å². The summed E-state index contributed by atoms with van der Waals surface area (Å²) in [5, 5.41) is 13.1. The maximum Gasteiger partial charge on any atom is 0.194 e. The van der Waals surface area contributed by atoms with Gasteiger partial charge in [-0.1, -0.05) is 38.1 Å². The van der Waals surface area contributed by atoms with Crippen LogP contribution in [0.25, 0.3) is 0 Å². The number of nitrogens with zero attached hydrogens (tertiary/aromatic N) is 2. The zero-order valence-electron chi connectivity index (χ0n) is 14.3. The number of aliphatic hydroxyl groups excluding tert-OH is 1. The average Bonchev–Trinajstić information content (AvgIpc) is 2.90. The fourth-order valence-corrected chi connectivity index (χ4v) is 3.05. The molecular formula is C18H29N3O. The van der Waals surface area contributed by atoms with E-state index in [1.807, 2.05) is 0 Å². The van der Waals surface area contributed by atoms with Crippen LogP contribution in [-0.4, -0.2) is 48.2 Å². The second-order valence-corrected chi connectivity index (χ2v) is 6.76. The molecule has 1 atom stereocenters. The van der Waals surface area contributed by atoms with E-state index in [1.165, 1.54) is 11.1 Å². The number of rotatable bonds is 4. The van der Waals surface area contributed by atoms with E-state index in [9.17, 15) is 5.11 Å². The maximum atomic E-state index is 9.73. The van der Waals surface area contributed by atoms with Gasteiger partial charge in [-0.2, -0.15) is 0 Å². The number of aliphatic hydroxyl groups is 1. The SMILES string of the molecule is CCNC(=NCC(C)(C)c1ccccc1C)N1CC[C@@H](O)C1. The second kappa shape index (κ2) is 7.14. The molecule has 1 fully saturated rings. The molecule has 0 spiro atoms. The summed E-state index contributed by atoms with van der Waals surface area (Å²) in [5.74, 6) is 0.917. The number of nitrogens with one attached hydrogen (secondary N) is 1. The van der Waals surface area contributed by atoms with Gasteiger partial charge in [0.05, 0.1) is 12.6 Å². The Kier molecular flexibility index (Phi) is 5.46. The van der Waals surface area contributed by atoms with Gasteiger partial charge in [-0.25, -0.2) is 0 Å². The smallest absolute Gasteiger partial charge is 0.194 e. The molecule has 2 rings (SSSR count). The Balaban J connectivity index is 2.14. The highest BCUT2D eigenvalue weighted by atomic mass is 16.3. The number of likely N-dealkylation sites (tertiary alicyclic amines) is 1. The van der Waals surface area contributed by atoms with Gasteiger partial charge in [-0.15, -0.1) is 0 Å². The molecule has 4 heteroatoms. The Morgan fingerprint density at radius 2 is 2.14 bits per heavy atom. The molecular weight excluding hydrogens is 274 g/mol. The van der Waals surface area contributed by atoms with Crippen molar-refractivity contribution in [2.24, 2.45) is 4.99 Å². The van der Waals surface area contributed by atoms with Crippen molar-refractivity contribution >= 4 is 5.96 Å². The van der Waals surface area contributed by atoms with E-state index in [1.54, 1.807) is 0 Å². The fraction of sp³-hybridized carbons (Fsp3) is 0.611. The molecule has 1 aromatic carbocycles. The molecule has 22 heavy (non-hydrogen) atoms. The van der Waals surface area contributed by atoms with Gasteiger partial charge in [0.1, 0.15) is 0 Å². The van der Waals surface area contributed by atoms with Crippen molar-refractivity contribution < 1.29 is 5.11 Å². The Morgan fingerprint density at radius 3 is 2.73 bits per heavy atom. The number of β-amino-alcohol motifs (C(OH)–C–C–N with tert-alkyl or cyclic N) is 1. The van der Waals surface area contributed by atoms with E-state index in [-0.39, 0.29) is 11.5 Å². The topological polar surface area (TPSA) is 47.9 Å². The van der Waals surface area contributed by atoms with Gasteiger partial charge in [0.15, 0.2) is 5.96 Å². The lowest BCUT2D eigenvalue weighted by Gasteiger charge is -2.27. The molecule has 1 aliphatic heterocycles. The Morgan fingerprint density at radius 1 is 1.41 bits per heavy atom. The van der Waals surface area contributed by atoms with Gasteiger partial charge in [0.2, 0.25) is 0 Å². The van der Waals surface area contributed by atoms with E-state index in [0.29, 0.717) is 6.54 Å². The second-order valence-electron chi connectivity index (χ2n) is 6.76. The van der Waals surface area contributed by atoms with Gasteiger partial charge in [-0.3, -0.25) is 4.99 Å². The minimum Gasteiger partial charge on any atom is -0.391 e. The summed E-state index contributed by atoms with van der Waals surface area (Å²) in [7, 11) is 0. The molecule has 1 aliphatic rings. The summed E-state index contributed by atoms with van der Waals surface area (Å²) in [5.41, 5.74) is 2.64. The predicted molar refractivity (Wildman–Crippen MR) is 92.4 cm³/mol. The summed E-state index contributed by atoms with van der Waals surface area (Å²) in [6.07, 6.45) is 0.597. The minimum absolute atomic E-state index is 0.00957. The first kappa shape index (κ1) is 16.8. The van der Waals surface area contributed by atoms with Crippen LogP contribution < -0.4 is 5.32 Å². The number of hydrogen-bond donors (Lipinski definition) is 2. The molecule has 122 valence electrons. The monoisotopic (exact) mass is 303 g/mol. The van der Waals surface area contributed by atoms with Crippen LogP contribution in [0.2, 0.25) is 0 Å². The number of hydrogen-bond acceptors (Lipinski definition) is 2. The molecule has 4 nitrogen and oxygen atoms in total. The van der Waals surface area contributed by atoms with Crippen LogP contribution in [0.3, 0.4) is 0 Å². The highest BCUT2D eigenvalue weighted by Crippen LogP contribution is 2.26. The van der Waals surface area contributed by atoms with E-state index in [0.717, 1.165) is 32.0 Å². The van der Waals surface area contributed by atoms with E-state index >= 15 is 0 Å². The van der Waals surface area contributed by atoms with Gasteiger partial charge in [0, 0.05) is 25.0 Å². The van der Waals surface area contributed by atoms with Crippen LogP contribution in [0.15, 0.2) is 29.3 Å². The summed E-state index contributed by atoms with van der Waals surface area (Å²) in [6, 6.07) is 8.52. The molecule has 0 bridgehead atoms. The van der Waals surface area contributed by atoms with Crippen molar-refractivity contribution in [3.05, 3.63) is 35.4 Å². The molecule has 0 radical (unpaired) electrons. The van der Waals surface area contributed by atoms with Gasteiger partial charge >= 0.3 is 0 Å². The number of benzene rings is 1. The van der Waals surface area contributed by atoms with Gasteiger partial charge in [-0.05, 0) is 31.4 Å². The van der Waals surface area contributed by atoms with Crippen LogP contribution >= 0.6 is 0 Å². The number of aryl methyl sites for hydroxylation is 1. The third-order valence-electron chi connectivity index (χ3n) is 4.30. The van der Waals surface area contributed by atoms with Crippen LogP contribution in [0, 0.1) is 6.92 Å². The molecule has 0 saturated carbocycles. The number of aliphatic imine (C=N–C) groups is 1. The van der Waals surface area contributed by atoms with E-state index < -0.39 is 0 Å². The quantitative estimate of drug-likeness (QED) is 0.663. The van der Waals surface area contributed by atoms with Crippen molar-refractivity contribution in [2.45, 2.75) is 45.6 Å². The Bertz CT molecular complexity index is 525. The van der Waals surface area contributed by atoms with Gasteiger partial charge < -0.3 is 15.3 Å². The highest BCUT2D eigenvalue weighted by Gasteiger charge is 2.25. The van der Waals surface area contributed by atoms with Crippen molar-refractivity contribution in [1.29, 1.82) is 0 Å². The Labute approximate surface area is 134 Å². The van der Waals surface area contributed by atoms with Gasteiger partial charge in [0.25, 0.3) is 0 Å². The molecule has 2 N–H and O–H groups in total.